The number of carbonyl (C=O) groups excluding carboxylic acids is 1. The van der Waals surface area contributed by atoms with E-state index >= 15 is 0 Å². The van der Waals surface area contributed by atoms with Gasteiger partial charge in [-0.3, -0.25) is 14.9 Å². The molecule has 11 nitrogen and oxygen atoms in total. The van der Waals surface area contributed by atoms with E-state index in [4.69, 9.17) is 10.2 Å². The smallest absolute Gasteiger partial charge is 0.271 e. The fraction of sp³-hybridized carbons (Fsp3) is 0.385. The Bertz CT molecular complexity index is 609. The number of nitro benzene ring substituents is 1. The summed E-state index contributed by atoms with van der Waals surface area (Å²) in [5, 5.41) is 60.3. The summed E-state index contributed by atoms with van der Waals surface area (Å²) in [4.78, 5) is 21.6. The molecule has 132 valence electrons. The Morgan fingerprint density at radius 3 is 2.54 bits per heavy atom. The van der Waals surface area contributed by atoms with Crippen LogP contribution in [0.4, 0.5) is 5.69 Å². The number of aliphatic hydroxyl groups excluding tert-OH is 5. The van der Waals surface area contributed by atoms with Gasteiger partial charge in [0.15, 0.2) is 6.10 Å². The summed E-state index contributed by atoms with van der Waals surface area (Å²) < 4.78 is 0. The number of rotatable bonds is 8. The molecule has 0 fully saturated rings. The SMILES string of the molecule is O=C(N/N=C\c1cccc([N+](=O)[O-])c1)[C@H](O)[C@H](O)[C@H](O)[C@H](O)CO. The van der Waals surface area contributed by atoms with Crippen LogP contribution in [0.15, 0.2) is 29.4 Å². The maximum absolute atomic E-state index is 11.6. The molecule has 11 heteroatoms. The molecule has 0 spiro atoms. The number of non-ortho nitro benzene ring substituents is 1. The first-order chi connectivity index (χ1) is 11.3. The second kappa shape index (κ2) is 9.00. The zero-order valence-electron chi connectivity index (χ0n) is 12.3. The third kappa shape index (κ3) is 5.33. The minimum atomic E-state index is -2.12. The predicted octanol–water partition coefficient (Wildman–Crippen LogP) is -2.52. The van der Waals surface area contributed by atoms with E-state index in [1.165, 1.54) is 24.3 Å². The summed E-state index contributed by atoms with van der Waals surface area (Å²) in [6, 6.07) is 5.36. The predicted molar refractivity (Wildman–Crippen MR) is 79.9 cm³/mol. The molecule has 0 radical (unpaired) electrons. The largest absolute Gasteiger partial charge is 0.394 e. The van der Waals surface area contributed by atoms with Crippen molar-refractivity contribution in [3.05, 3.63) is 39.9 Å². The van der Waals surface area contributed by atoms with Crippen molar-refractivity contribution in [2.45, 2.75) is 24.4 Å². The fourth-order valence-corrected chi connectivity index (χ4v) is 1.63. The second-order valence-corrected chi connectivity index (χ2v) is 4.76. The molecule has 0 bridgehead atoms. The first-order valence-corrected chi connectivity index (χ1v) is 6.68. The highest BCUT2D eigenvalue weighted by atomic mass is 16.6. The van der Waals surface area contributed by atoms with Gasteiger partial charge in [0.1, 0.15) is 18.3 Å². The first kappa shape index (κ1) is 19.6. The molecule has 0 aliphatic heterocycles. The number of hydrazone groups is 1. The summed E-state index contributed by atoms with van der Waals surface area (Å²) in [6.07, 6.45) is -6.79. The van der Waals surface area contributed by atoms with E-state index in [0.29, 0.717) is 5.56 Å². The van der Waals surface area contributed by atoms with Gasteiger partial charge >= 0.3 is 0 Å². The second-order valence-electron chi connectivity index (χ2n) is 4.76. The van der Waals surface area contributed by atoms with Crippen molar-refractivity contribution in [1.82, 2.24) is 5.43 Å². The zero-order chi connectivity index (χ0) is 18.3. The first-order valence-electron chi connectivity index (χ1n) is 6.68. The Morgan fingerprint density at radius 1 is 1.29 bits per heavy atom. The van der Waals surface area contributed by atoms with E-state index in [2.05, 4.69) is 5.10 Å². The van der Waals surface area contributed by atoms with Crippen molar-refractivity contribution in [2.75, 3.05) is 6.61 Å². The lowest BCUT2D eigenvalue weighted by atomic mass is 10.0. The molecule has 6 N–H and O–H groups in total. The molecule has 0 aliphatic rings. The molecule has 0 aromatic heterocycles. The van der Waals surface area contributed by atoms with Crippen LogP contribution in [0.1, 0.15) is 5.56 Å². The average Bonchev–Trinajstić information content (AvgIpc) is 2.59. The van der Waals surface area contributed by atoms with Crippen molar-refractivity contribution in [3.63, 3.8) is 0 Å². The van der Waals surface area contributed by atoms with E-state index < -0.39 is 41.9 Å². The standard InChI is InChI=1S/C13H17N3O8/c17-6-9(18)10(19)11(20)12(21)13(22)15-14-5-7-2-1-3-8(4-7)16(23)24/h1-5,9-12,17-21H,6H2,(H,15,22)/b14-5-/t9-,10-,11-,12-/m1/s1. The fourth-order valence-electron chi connectivity index (χ4n) is 1.63. The number of aliphatic hydroxyl groups is 5. The van der Waals surface area contributed by atoms with Crippen molar-refractivity contribution >= 4 is 17.8 Å². The normalized spacial score (nSPS) is 16.4. The molecule has 1 rings (SSSR count). The van der Waals surface area contributed by atoms with Crippen LogP contribution in [-0.4, -0.2) is 73.6 Å². The van der Waals surface area contributed by atoms with Gasteiger partial charge in [-0.25, -0.2) is 5.43 Å². The van der Waals surface area contributed by atoms with Crippen LogP contribution in [0.3, 0.4) is 0 Å². The average molecular weight is 343 g/mol. The third-order valence-electron chi connectivity index (χ3n) is 2.99. The third-order valence-corrected chi connectivity index (χ3v) is 2.99. The van der Waals surface area contributed by atoms with Gasteiger partial charge in [0.25, 0.3) is 11.6 Å². The van der Waals surface area contributed by atoms with E-state index in [9.17, 15) is 30.2 Å². The quantitative estimate of drug-likeness (QED) is 0.169. The molecule has 24 heavy (non-hydrogen) atoms. The van der Waals surface area contributed by atoms with Crippen LogP contribution in [-0.2, 0) is 4.79 Å². The van der Waals surface area contributed by atoms with Crippen molar-refractivity contribution < 1.29 is 35.3 Å². The summed E-state index contributed by atoms with van der Waals surface area (Å²) >= 11 is 0. The molecule has 0 aliphatic carbocycles. The number of carbonyl (C=O) groups is 1. The Hall–Kier alpha value is -2.44. The maximum Gasteiger partial charge on any atom is 0.271 e. The van der Waals surface area contributed by atoms with E-state index in [0.717, 1.165) is 6.21 Å². The minimum Gasteiger partial charge on any atom is -0.394 e. The maximum atomic E-state index is 11.6. The number of nitro groups is 1. The number of hydrogen-bond acceptors (Lipinski definition) is 9. The number of benzene rings is 1. The van der Waals surface area contributed by atoms with Gasteiger partial charge in [-0.05, 0) is 0 Å². The molecular formula is C13H17N3O8. The highest BCUT2D eigenvalue weighted by Gasteiger charge is 2.34. The Morgan fingerprint density at radius 2 is 1.96 bits per heavy atom. The summed E-state index contributed by atoms with van der Waals surface area (Å²) in [5.41, 5.74) is 1.99. The van der Waals surface area contributed by atoms with Gasteiger partial charge in [0.2, 0.25) is 0 Å². The van der Waals surface area contributed by atoms with E-state index in [1.54, 1.807) is 0 Å². The highest BCUT2D eigenvalue weighted by Crippen LogP contribution is 2.11. The van der Waals surface area contributed by atoms with Crippen molar-refractivity contribution in [1.29, 1.82) is 0 Å². The monoisotopic (exact) mass is 343 g/mol. The molecule has 0 saturated carbocycles. The lowest BCUT2D eigenvalue weighted by Gasteiger charge is -2.24. The Kier molecular flexibility index (Phi) is 7.35. The highest BCUT2D eigenvalue weighted by molar-refractivity contribution is 5.85. The van der Waals surface area contributed by atoms with Crippen LogP contribution < -0.4 is 5.43 Å². The number of nitrogens with zero attached hydrogens (tertiary/aromatic N) is 2. The van der Waals surface area contributed by atoms with Gasteiger partial charge in [0.05, 0.1) is 17.7 Å². The van der Waals surface area contributed by atoms with Crippen LogP contribution in [0.5, 0.6) is 0 Å². The minimum absolute atomic E-state index is 0.179. The molecule has 0 saturated heterocycles. The number of hydrogen-bond donors (Lipinski definition) is 6. The lowest BCUT2D eigenvalue weighted by molar-refractivity contribution is -0.384. The molecule has 1 amide bonds. The topological polar surface area (TPSA) is 186 Å². The Labute approximate surface area is 135 Å². The molecule has 4 atom stereocenters. The van der Waals surface area contributed by atoms with Crippen LogP contribution in [0.2, 0.25) is 0 Å². The van der Waals surface area contributed by atoms with Crippen molar-refractivity contribution in [2.24, 2.45) is 5.10 Å². The molecule has 1 aromatic carbocycles. The van der Waals surface area contributed by atoms with Gasteiger partial charge in [-0.1, -0.05) is 12.1 Å². The lowest BCUT2D eigenvalue weighted by Crippen LogP contribution is -2.50. The molecule has 0 heterocycles. The zero-order valence-corrected chi connectivity index (χ0v) is 12.3. The van der Waals surface area contributed by atoms with Gasteiger partial charge in [0, 0.05) is 17.7 Å². The van der Waals surface area contributed by atoms with Gasteiger partial charge in [-0.2, -0.15) is 5.10 Å². The summed E-state index contributed by atoms with van der Waals surface area (Å²) in [7, 11) is 0. The molecular weight excluding hydrogens is 326 g/mol. The van der Waals surface area contributed by atoms with Gasteiger partial charge in [-0.15, -0.1) is 0 Å². The summed E-state index contributed by atoms with van der Waals surface area (Å²) in [6.45, 7) is -0.877. The van der Waals surface area contributed by atoms with Crippen LogP contribution in [0, 0.1) is 10.1 Å². The van der Waals surface area contributed by atoms with Crippen LogP contribution >= 0.6 is 0 Å². The van der Waals surface area contributed by atoms with Crippen molar-refractivity contribution in [3.8, 4) is 0 Å². The Balaban J connectivity index is 2.64. The van der Waals surface area contributed by atoms with E-state index in [1.807, 2.05) is 5.43 Å². The number of nitrogens with one attached hydrogen (secondary N) is 1. The molecule has 1 aromatic rings. The van der Waals surface area contributed by atoms with E-state index in [-0.39, 0.29) is 5.69 Å². The van der Waals surface area contributed by atoms with Gasteiger partial charge < -0.3 is 25.5 Å². The number of amides is 1. The van der Waals surface area contributed by atoms with Crippen LogP contribution in [0.25, 0.3) is 0 Å². The molecule has 0 unspecified atom stereocenters. The summed E-state index contributed by atoms with van der Waals surface area (Å²) in [5.74, 6) is -1.19.